The van der Waals surface area contributed by atoms with E-state index in [0.29, 0.717) is 25.6 Å². The summed E-state index contributed by atoms with van der Waals surface area (Å²) in [6.45, 7) is 8.71. The fourth-order valence-corrected chi connectivity index (χ4v) is 2.38. The third-order valence-corrected chi connectivity index (χ3v) is 4.00. The number of nitrogens with zero attached hydrogens (tertiary/aromatic N) is 3. The van der Waals surface area contributed by atoms with E-state index in [1.165, 1.54) is 0 Å². The van der Waals surface area contributed by atoms with E-state index in [1.807, 2.05) is 49.2 Å². The van der Waals surface area contributed by atoms with Gasteiger partial charge in [-0.2, -0.15) is 0 Å². The van der Waals surface area contributed by atoms with Crippen LogP contribution in [0.3, 0.4) is 0 Å². The second kappa shape index (κ2) is 10.4. The number of benzene rings is 1. The Labute approximate surface area is 161 Å². The van der Waals surface area contributed by atoms with Gasteiger partial charge in [0.25, 0.3) is 0 Å². The highest BCUT2D eigenvalue weighted by Crippen LogP contribution is 2.17. The summed E-state index contributed by atoms with van der Waals surface area (Å²) in [4.78, 5) is 6.66. The van der Waals surface area contributed by atoms with Gasteiger partial charge in [0.15, 0.2) is 11.7 Å². The van der Waals surface area contributed by atoms with Gasteiger partial charge in [0.1, 0.15) is 24.7 Å². The largest absolute Gasteiger partial charge is 0.497 e. The Morgan fingerprint density at radius 1 is 1.26 bits per heavy atom. The molecule has 7 nitrogen and oxygen atoms in total. The van der Waals surface area contributed by atoms with Crippen LogP contribution in [0.1, 0.15) is 38.1 Å². The Morgan fingerprint density at radius 2 is 1.96 bits per heavy atom. The average molecular weight is 374 g/mol. The molecule has 0 unspecified atom stereocenters. The van der Waals surface area contributed by atoms with Crippen LogP contribution in [0.2, 0.25) is 0 Å². The first-order chi connectivity index (χ1) is 13.0. The molecule has 0 amide bonds. The average Bonchev–Trinajstić information content (AvgIpc) is 3.15. The van der Waals surface area contributed by atoms with Gasteiger partial charge in [0.05, 0.1) is 19.3 Å². The van der Waals surface area contributed by atoms with Gasteiger partial charge < -0.3 is 24.2 Å². The summed E-state index contributed by atoms with van der Waals surface area (Å²) in [5.41, 5.74) is 0.950. The predicted molar refractivity (Wildman–Crippen MR) is 107 cm³/mol. The molecule has 0 bridgehead atoms. The summed E-state index contributed by atoms with van der Waals surface area (Å²) in [5.74, 6) is 3.54. The van der Waals surface area contributed by atoms with Crippen LogP contribution in [-0.2, 0) is 6.54 Å². The fourth-order valence-electron chi connectivity index (χ4n) is 2.38. The van der Waals surface area contributed by atoms with Gasteiger partial charge in [-0.05, 0) is 37.1 Å². The van der Waals surface area contributed by atoms with Crippen molar-refractivity contribution in [1.29, 1.82) is 0 Å². The van der Waals surface area contributed by atoms with Gasteiger partial charge in [0, 0.05) is 19.7 Å². The lowest BCUT2D eigenvalue weighted by Crippen LogP contribution is -2.40. The molecule has 0 aliphatic heterocycles. The van der Waals surface area contributed by atoms with Crippen molar-refractivity contribution in [3.05, 3.63) is 41.8 Å². The van der Waals surface area contributed by atoms with E-state index in [2.05, 4.69) is 29.3 Å². The Balaban J connectivity index is 1.87. The standard InChI is InChI=1S/C20H30N4O3/c1-6-21-20(22-14-18-13-19(15(2)3)23-27-18)24(4)11-12-26-17-9-7-16(25-5)8-10-17/h7-10,13,15H,6,11-12,14H2,1-5H3,(H,21,22). The first-order valence-electron chi connectivity index (χ1n) is 9.25. The summed E-state index contributed by atoms with van der Waals surface area (Å²) in [6.07, 6.45) is 0. The highest BCUT2D eigenvalue weighted by molar-refractivity contribution is 5.79. The van der Waals surface area contributed by atoms with Gasteiger partial charge in [-0.3, -0.25) is 0 Å². The molecule has 0 radical (unpaired) electrons. The van der Waals surface area contributed by atoms with Crippen molar-refractivity contribution in [3.8, 4) is 11.5 Å². The molecule has 2 aromatic rings. The number of methoxy groups -OCH3 is 1. The Morgan fingerprint density at radius 3 is 2.56 bits per heavy atom. The maximum Gasteiger partial charge on any atom is 0.194 e. The number of rotatable bonds is 9. The monoisotopic (exact) mass is 374 g/mol. The molecule has 148 valence electrons. The smallest absolute Gasteiger partial charge is 0.194 e. The van der Waals surface area contributed by atoms with E-state index in [9.17, 15) is 0 Å². The molecule has 1 heterocycles. The second-order valence-corrected chi connectivity index (χ2v) is 6.49. The van der Waals surface area contributed by atoms with Crippen molar-refractivity contribution >= 4 is 5.96 Å². The zero-order valence-electron chi connectivity index (χ0n) is 16.9. The molecule has 2 rings (SSSR count). The van der Waals surface area contributed by atoms with E-state index in [4.69, 9.17) is 14.0 Å². The summed E-state index contributed by atoms with van der Waals surface area (Å²) >= 11 is 0. The van der Waals surface area contributed by atoms with Crippen LogP contribution in [0, 0.1) is 0 Å². The van der Waals surface area contributed by atoms with Crippen molar-refractivity contribution in [2.75, 3.05) is 33.9 Å². The third kappa shape index (κ3) is 6.51. The minimum Gasteiger partial charge on any atom is -0.497 e. The summed E-state index contributed by atoms with van der Waals surface area (Å²) < 4.78 is 16.3. The topological polar surface area (TPSA) is 72.1 Å². The predicted octanol–water partition coefficient (Wildman–Crippen LogP) is 3.28. The number of ether oxygens (including phenoxy) is 2. The summed E-state index contributed by atoms with van der Waals surface area (Å²) in [7, 11) is 3.63. The third-order valence-electron chi connectivity index (χ3n) is 4.00. The Hall–Kier alpha value is -2.70. The minimum atomic E-state index is 0.345. The van der Waals surface area contributed by atoms with Gasteiger partial charge >= 0.3 is 0 Å². The second-order valence-electron chi connectivity index (χ2n) is 6.49. The Kier molecular flexibility index (Phi) is 7.98. The number of aromatic nitrogens is 1. The number of nitrogens with one attached hydrogen (secondary N) is 1. The maximum atomic E-state index is 5.79. The zero-order valence-corrected chi connectivity index (χ0v) is 16.9. The number of likely N-dealkylation sites (N-methyl/N-ethyl adjacent to an activating group) is 1. The molecule has 1 aromatic heterocycles. The number of hydrogen-bond acceptors (Lipinski definition) is 5. The van der Waals surface area contributed by atoms with Gasteiger partial charge in [-0.15, -0.1) is 0 Å². The van der Waals surface area contributed by atoms with Crippen LogP contribution in [0.25, 0.3) is 0 Å². The van der Waals surface area contributed by atoms with Crippen LogP contribution in [0.15, 0.2) is 39.8 Å². The molecular formula is C20H30N4O3. The van der Waals surface area contributed by atoms with Crippen LogP contribution < -0.4 is 14.8 Å². The SMILES string of the molecule is CCNC(=NCc1cc(C(C)C)no1)N(C)CCOc1ccc(OC)cc1. The quantitative estimate of drug-likeness (QED) is 0.536. The molecule has 0 spiro atoms. The van der Waals surface area contributed by atoms with Crippen molar-refractivity contribution in [2.24, 2.45) is 4.99 Å². The molecule has 0 aliphatic carbocycles. The van der Waals surface area contributed by atoms with E-state index < -0.39 is 0 Å². The number of aliphatic imine (C=N–C) groups is 1. The van der Waals surface area contributed by atoms with E-state index in [0.717, 1.165) is 35.5 Å². The van der Waals surface area contributed by atoms with Crippen LogP contribution in [0.4, 0.5) is 0 Å². The van der Waals surface area contributed by atoms with Crippen molar-refractivity contribution < 1.29 is 14.0 Å². The summed E-state index contributed by atoms with van der Waals surface area (Å²) in [5, 5.41) is 7.36. The summed E-state index contributed by atoms with van der Waals surface area (Å²) in [6, 6.07) is 9.52. The van der Waals surface area contributed by atoms with Crippen LogP contribution in [0.5, 0.6) is 11.5 Å². The fraction of sp³-hybridized carbons (Fsp3) is 0.500. The van der Waals surface area contributed by atoms with Gasteiger partial charge in [-0.25, -0.2) is 4.99 Å². The first-order valence-corrected chi connectivity index (χ1v) is 9.25. The van der Waals surface area contributed by atoms with E-state index in [1.54, 1.807) is 7.11 Å². The molecule has 1 N–H and O–H groups in total. The normalized spacial score (nSPS) is 11.6. The zero-order chi connectivity index (χ0) is 19.6. The molecule has 27 heavy (non-hydrogen) atoms. The molecule has 0 saturated carbocycles. The molecule has 0 saturated heterocycles. The lowest BCUT2D eigenvalue weighted by atomic mass is 10.1. The maximum absolute atomic E-state index is 5.79. The molecule has 7 heteroatoms. The Bertz CT molecular complexity index is 710. The lowest BCUT2D eigenvalue weighted by molar-refractivity contribution is 0.280. The molecule has 0 aliphatic rings. The highest BCUT2D eigenvalue weighted by Gasteiger charge is 2.09. The van der Waals surface area contributed by atoms with E-state index >= 15 is 0 Å². The molecule has 1 aromatic carbocycles. The molecule has 0 fully saturated rings. The lowest BCUT2D eigenvalue weighted by Gasteiger charge is -2.22. The van der Waals surface area contributed by atoms with Crippen LogP contribution >= 0.6 is 0 Å². The van der Waals surface area contributed by atoms with Gasteiger partial charge in [-0.1, -0.05) is 19.0 Å². The highest BCUT2D eigenvalue weighted by atomic mass is 16.5. The van der Waals surface area contributed by atoms with Crippen molar-refractivity contribution in [3.63, 3.8) is 0 Å². The number of guanidine groups is 1. The van der Waals surface area contributed by atoms with Crippen molar-refractivity contribution in [1.82, 2.24) is 15.4 Å². The number of hydrogen-bond donors (Lipinski definition) is 1. The molecular weight excluding hydrogens is 344 g/mol. The van der Waals surface area contributed by atoms with E-state index in [-0.39, 0.29) is 0 Å². The molecule has 0 atom stereocenters. The first kappa shape index (κ1) is 20.6. The minimum absolute atomic E-state index is 0.345. The van der Waals surface area contributed by atoms with Crippen molar-refractivity contribution in [2.45, 2.75) is 33.2 Å². The van der Waals surface area contributed by atoms with Crippen LogP contribution in [-0.4, -0.2) is 49.9 Å². The van der Waals surface area contributed by atoms with Gasteiger partial charge in [0.2, 0.25) is 0 Å².